The van der Waals surface area contributed by atoms with Crippen LogP contribution in [0.3, 0.4) is 0 Å². The zero-order valence-electron chi connectivity index (χ0n) is 24.0. The van der Waals surface area contributed by atoms with Crippen molar-refractivity contribution in [2.75, 3.05) is 46.4 Å². The van der Waals surface area contributed by atoms with Gasteiger partial charge in [-0.15, -0.1) is 0 Å². The summed E-state index contributed by atoms with van der Waals surface area (Å²) in [6.07, 6.45) is 2.01. The maximum Gasteiger partial charge on any atom is 0.475 e. The van der Waals surface area contributed by atoms with Gasteiger partial charge in [-0.3, -0.25) is 9.69 Å². The molecule has 2 saturated heterocycles. The summed E-state index contributed by atoms with van der Waals surface area (Å²) < 4.78 is 10.4. The van der Waals surface area contributed by atoms with Crippen molar-refractivity contribution in [3.8, 4) is 6.07 Å². The SMILES string of the molecule is COC(=O)N1CCN(C(C)(C)C=C(C#N)C(=O)N2CCCC[C@@H](OC(=O)NC(Cc3ccccc3)B(O)O)C2)CC1. The number of carbonyl (C=O) groups is 3. The number of nitriles is 1. The molecule has 222 valence electrons. The highest BCUT2D eigenvalue weighted by Gasteiger charge is 2.34. The van der Waals surface area contributed by atoms with Gasteiger partial charge in [-0.1, -0.05) is 30.3 Å². The van der Waals surface area contributed by atoms with Gasteiger partial charge in [0, 0.05) is 38.3 Å². The molecule has 0 aromatic heterocycles. The molecular formula is C28H40BN5O7. The first-order chi connectivity index (χ1) is 19.5. The first-order valence-electron chi connectivity index (χ1n) is 13.9. The summed E-state index contributed by atoms with van der Waals surface area (Å²) in [6.45, 7) is 6.47. The summed E-state index contributed by atoms with van der Waals surface area (Å²) in [5, 5.41) is 32.0. The molecule has 13 heteroatoms. The number of hydrogen-bond acceptors (Lipinski definition) is 9. The smallest absolute Gasteiger partial charge is 0.453 e. The number of ether oxygens (including phenoxy) is 2. The molecule has 2 heterocycles. The molecule has 1 aromatic carbocycles. The average Bonchev–Trinajstić information content (AvgIpc) is 3.20. The summed E-state index contributed by atoms with van der Waals surface area (Å²) in [5.74, 6) is -1.41. The third-order valence-corrected chi connectivity index (χ3v) is 7.53. The number of benzene rings is 1. The van der Waals surface area contributed by atoms with Gasteiger partial charge in [0.25, 0.3) is 5.91 Å². The van der Waals surface area contributed by atoms with E-state index in [1.54, 1.807) is 11.0 Å². The van der Waals surface area contributed by atoms with E-state index < -0.39 is 36.7 Å². The number of alkyl carbamates (subject to hydrolysis) is 1. The van der Waals surface area contributed by atoms with Gasteiger partial charge in [0.15, 0.2) is 0 Å². The highest BCUT2D eigenvalue weighted by atomic mass is 16.6. The Labute approximate surface area is 241 Å². The lowest BCUT2D eigenvalue weighted by Gasteiger charge is -2.42. The minimum atomic E-state index is -1.79. The molecular weight excluding hydrogens is 529 g/mol. The molecule has 3 amide bonds. The van der Waals surface area contributed by atoms with Crippen molar-refractivity contribution in [2.45, 2.75) is 57.1 Å². The summed E-state index contributed by atoms with van der Waals surface area (Å²) in [4.78, 5) is 43.2. The zero-order chi connectivity index (χ0) is 30.0. The van der Waals surface area contributed by atoms with Crippen LogP contribution in [0, 0.1) is 11.3 Å². The van der Waals surface area contributed by atoms with Gasteiger partial charge in [0.1, 0.15) is 17.7 Å². The predicted molar refractivity (Wildman–Crippen MR) is 151 cm³/mol. The number of amides is 3. The molecule has 1 unspecified atom stereocenters. The lowest BCUT2D eigenvalue weighted by Crippen LogP contribution is -2.55. The quantitative estimate of drug-likeness (QED) is 0.239. The van der Waals surface area contributed by atoms with E-state index in [0.29, 0.717) is 45.6 Å². The molecule has 0 spiro atoms. The van der Waals surface area contributed by atoms with Crippen LogP contribution >= 0.6 is 0 Å². The Morgan fingerprint density at radius 2 is 1.80 bits per heavy atom. The van der Waals surface area contributed by atoms with Gasteiger partial charge in [-0.05, 0) is 51.2 Å². The highest BCUT2D eigenvalue weighted by Crippen LogP contribution is 2.23. The second-order valence-corrected chi connectivity index (χ2v) is 10.9. The van der Waals surface area contributed by atoms with Crippen LogP contribution in [0.25, 0.3) is 0 Å². The van der Waals surface area contributed by atoms with Crippen LogP contribution < -0.4 is 5.32 Å². The van der Waals surface area contributed by atoms with Crippen LogP contribution in [0.15, 0.2) is 42.0 Å². The van der Waals surface area contributed by atoms with Gasteiger partial charge >= 0.3 is 19.3 Å². The van der Waals surface area contributed by atoms with Crippen LogP contribution in [0.4, 0.5) is 9.59 Å². The van der Waals surface area contributed by atoms with Crippen LogP contribution in [-0.4, -0.2) is 114 Å². The van der Waals surface area contributed by atoms with Crippen molar-refractivity contribution in [3.05, 3.63) is 47.5 Å². The number of rotatable bonds is 8. The molecule has 2 fully saturated rings. The maximum atomic E-state index is 13.4. The molecule has 2 atom stereocenters. The van der Waals surface area contributed by atoms with Crippen molar-refractivity contribution >= 4 is 25.2 Å². The fourth-order valence-corrected chi connectivity index (χ4v) is 5.17. The maximum absolute atomic E-state index is 13.4. The number of nitrogens with zero attached hydrogens (tertiary/aromatic N) is 4. The largest absolute Gasteiger partial charge is 0.475 e. The topological polar surface area (TPSA) is 156 Å². The number of nitrogens with one attached hydrogen (secondary N) is 1. The first-order valence-corrected chi connectivity index (χ1v) is 13.9. The fraction of sp³-hybridized carbons (Fsp3) is 0.571. The predicted octanol–water partition coefficient (Wildman–Crippen LogP) is 1.33. The van der Waals surface area contributed by atoms with Crippen molar-refractivity contribution < 1.29 is 33.9 Å². The third-order valence-electron chi connectivity index (χ3n) is 7.53. The number of methoxy groups -OCH3 is 1. The number of likely N-dealkylation sites (tertiary alicyclic amines) is 1. The van der Waals surface area contributed by atoms with E-state index in [1.165, 1.54) is 12.0 Å². The monoisotopic (exact) mass is 569 g/mol. The van der Waals surface area contributed by atoms with Gasteiger partial charge in [-0.2, -0.15) is 5.26 Å². The van der Waals surface area contributed by atoms with Crippen LogP contribution in [0.1, 0.15) is 38.7 Å². The molecule has 2 aliphatic rings. The lowest BCUT2D eigenvalue weighted by atomic mass is 9.76. The molecule has 12 nitrogen and oxygen atoms in total. The second-order valence-electron chi connectivity index (χ2n) is 10.9. The van der Waals surface area contributed by atoms with Gasteiger partial charge in [-0.25, -0.2) is 9.59 Å². The number of piperazine rings is 1. The summed E-state index contributed by atoms with van der Waals surface area (Å²) >= 11 is 0. The minimum Gasteiger partial charge on any atom is -0.453 e. The first kappa shape index (κ1) is 31.9. The number of carbonyl (C=O) groups excluding carboxylic acids is 3. The van der Waals surface area contributed by atoms with Gasteiger partial charge < -0.3 is 34.6 Å². The van der Waals surface area contributed by atoms with Crippen LogP contribution in [-0.2, 0) is 20.7 Å². The highest BCUT2D eigenvalue weighted by molar-refractivity contribution is 6.43. The Hall–Kier alpha value is -3.60. The Kier molecular flexibility index (Phi) is 11.6. The molecule has 3 N–H and O–H groups in total. The molecule has 0 saturated carbocycles. The molecule has 0 aliphatic carbocycles. The van der Waals surface area contributed by atoms with Crippen molar-refractivity contribution in [2.24, 2.45) is 0 Å². The van der Waals surface area contributed by atoms with E-state index in [2.05, 4.69) is 16.3 Å². The fourth-order valence-electron chi connectivity index (χ4n) is 5.17. The molecule has 41 heavy (non-hydrogen) atoms. The summed E-state index contributed by atoms with van der Waals surface area (Å²) in [7, 11) is -0.440. The van der Waals surface area contributed by atoms with E-state index in [-0.39, 0.29) is 24.6 Å². The molecule has 0 radical (unpaired) electrons. The normalized spacial score (nSPS) is 19.4. The van der Waals surface area contributed by atoms with E-state index >= 15 is 0 Å². The van der Waals surface area contributed by atoms with Crippen LogP contribution in [0.2, 0.25) is 0 Å². The van der Waals surface area contributed by atoms with Gasteiger partial charge in [0.2, 0.25) is 0 Å². The second kappa shape index (κ2) is 14.9. The third kappa shape index (κ3) is 9.21. The lowest BCUT2D eigenvalue weighted by molar-refractivity contribution is -0.127. The van der Waals surface area contributed by atoms with E-state index in [4.69, 9.17) is 9.47 Å². The van der Waals surface area contributed by atoms with Crippen molar-refractivity contribution in [3.63, 3.8) is 0 Å². The molecule has 2 aliphatic heterocycles. The Bertz CT molecular complexity index is 1120. The molecule has 3 rings (SSSR count). The van der Waals surface area contributed by atoms with E-state index in [0.717, 1.165) is 12.0 Å². The standard InChI is InChI=1S/C28H40BN5O7/c1-28(2,34-15-13-32(14-16-34)27(37)40-3)18-22(19-30)25(35)33-12-8-7-11-23(20-33)41-26(36)31-24(29(38)39)17-21-9-5-4-6-10-21/h4-6,9-10,18,23-24,38-39H,7-8,11-17,20H2,1-3H3,(H,31,36)/t23-,24?/m1/s1. The Morgan fingerprint density at radius 1 is 1.12 bits per heavy atom. The van der Waals surface area contributed by atoms with Crippen molar-refractivity contribution in [1.29, 1.82) is 5.26 Å². The Balaban J connectivity index is 1.62. The minimum absolute atomic E-state index is 0.00169. The average molecular weight is 569 g/mol. The van der Waals surface area contributed by atoms with Crippen LogP contribution in [0.5, 0.6) is 0 Å². The van der Waals surface area contributed by atoms with Gasteiger partial charge in [0.05, 0.1) is 19.6 Å². The molecule has 0 bridgehead atoms. The van der Waals surface area contributed by atoms with E-state index in [9.17, 15) is 29.7 Å². The summed E-state index contributed by atoms with van der Waals surface area (Å²) in [6, 6.07) is 11.2. The van der Waals surface area contributed by atoms with E-state index in [1.807, 2.05) is 44.2 Å². The number of hydrogen-bond donors (Lipinski definition) is 3. The zero-order valence-corrected chi connectivity index (χ0v) is 24.0. The van der Waals surface area contributed by atoms with Crippen molar-refractivity contribution in [1.82, 2.24) is 20.0 Å². The summed E-state index contributed by atoms with van der Waals surface area (Å²) in [5.41, 5.74) is 0.201. The molecule has 1 aromatic rings. The Morgan fingerprint density at radius 3 is 2.41 bits per heavy atom.